The van der Waals surface area contributed by atoms with E-state index >= 15 is 0 Å². The number of likely N-dealkylation sites (tertiary alicyclic amines) is 1. The molecule has 1 atom stereocenters. The summed E-state index contributed by atoms with van der Waals surface area (Å²) in [7, 11) is 0. The average molecular weight is 284 g/mol. The number of nitrogens with zero attached hydrogens (tertiary/aromatic N) is 1. The van der Waals surface area contributed by atoms with Gasteiger partial charge in [-0.25, -0.2) is 0 Å². The van der Waals surface area contributed by atoms with Crippen LogP contribution in [0.2, 0.25) is 0 Å². The largest absolute Gasteiger partial charge is 0.480 e. The molecule has 2 rings (SSSR count). The van der Waals surface area contributed by atoms with Crippen LogP contribution in [0.4, 0.5) is 0 Å². The molecule has 0 amide bonds. The first-order valence-electron chi connectivity index (χ1n) is 5.38. The van der Waals surface area contributed by atoms with E-state index in [1.807, 2.05) is 29.2 Å². The van der Waals surface area contributed by atoms with Crippen LogP contribution in [0.15, 0.2) is 28.7 Å². The summed E-state index contributed by atoms with van der Waals surface area (Å²) >= 11 is 3.42. The van der Waals surface area contributed by atoms with Crippen molar-refractivity contribution in [1.82, 2.24) is 4.90 Å². The van der Waals surface area contributed by atoms with Crippen molar-refractivity contribution in [3.8, 4) is 0 Å². The first-order chi connectivity index (χ1) is 7.66. The predicted molar refractivity (Wildman–Crippen MR) is 65.2 cm³/mol. The van der Waals surface area contributed by atoms with Crippen molar-refractivity contribution < 1.29 is 9.90 Å². The molecule has 16 heavy (non-hydrogen) atoms. The van der Waals surface area contributed by atoms with E-state index in [1.165, 1.54) is 0 Å². The zero-order chi connectivity index (χ0) is 11.5. The summed E-state index contributed by atoms with van der Waals surface area (Å²) in [6.45, 7) is 1.60. The first kappa shape index (κ1) is 11.6. The van der Waals surface area contributed by atoms with E-state index in [-0.39, 0.29) is 6.04 Å². The number of carboxylic acids is 1. The maximum atomic E-state index is 11.0. The smallest absolute Gasteiger partial charge is 0.320 e. The molecule has 4 heteroatoms. The van der Waals surface area contributed by atoms with Crippen molar-refractivity contribution in [2.45, 2.75) is 25.4 Å². The molecule has 0 saturated carbocycles. The van der Waals surface area contributed by atoms with Gasteiger partial charge in [0.1, 0.15) is 6.04 Å². The van der Waals surface area contributed by atoms with Crippen molar-refractivity contribution in [1.29, 1.82) is 0 Å². The van der Waals surface area contributed by atoms with Crippen LogP contribution in [0.25, 0.3) is 0 Å². The molecule has 0 bridgehead atoms. The summed E-state index contributed by atoms with van der Waals surface area (Å²) in [4.78, 5) is 13.1. The minimum atomic E-state index is -0.701. The maximum Gasteiger partial charge on any atom is 0.320 e. The molecule has 0 spiro atoms. The summed E-state index contributed by atoms with van der Waals surface area (Å²) < 4.78 is 1.04. The Hall–Kier alpha value is -0.870. The molecule has 1 aliphatic rings. The van der Waals surface area contributed by atoms with Crippen molar-refractivity contribution in [2.75, 3.05) is 6.54 Å². The van der Waals surface area contributed by atoms with Gasteiger partial charge in [-0.15, -0.1) is 0 Å². The molecule has 0 unspecified atom stereocenters. The van der Waals surface area contributed by atoms with Gasteiger partial charge in [0.2, 0.25) is 0 Å². The van der Waals surface area contributed by atoms with Crippen LogP contribution in [0.5, 0.6) is 0 Å². The fourth-order valence-electron chi connectivity index (χ4n) is 2.16. The molecule has 3 nitrogen and oxygen atoms in total. The van der Waals surface area contributed by atoms with Gasteiger partial charge in [0.05, 0.1) is 0 Å². The van der Waals surface area contributed by atoms with Gasteiger partial charge in [0.25, 0.3) is 0 Å². The molecule has 1 heterocycles. The van der Waals surface area contributed by atoms with Crippen LogP contribution in [0, 0.1) is 0 Å². The average Bonchev–Trinajstić information content (AvgIpc) is 2.66. The lowest BCUT2D eigenvalue weighted by molar-refractivity contribution is -0.142. The second-order valence-corrected chi connectivity index (χ2v) is 5.01. The highest BCUT2D eigenvalue weighted by Gasteiger charge is 2.30. The van der Waals surface area contributed by atoms with Crippen LogP contribution >= 0.6 is 15.9 Å². The van der Waals surface area contributed by atoms with Gasteiger partial charge in [0, 0.05) is 11.0 Å². The molecule has 0 aliphatic carbocycles. The Morgan fingerprint density at radius 2 is 2.38 bits per heavy atom. The van der Waals surface area contributed by atoms with Gasteiger partial charge in [-0.2, -0.15) is 0 Å². The number of rotatable bonds is 3. The summed E-state index contributed by atoms with van der Waals surface area (Å²) in [5, 5.41) is 9.07. The summed E-state index contributed by atoms with van der Waals surface area (Å²) in [5.41, 5.74) is 1.16. The zero-order valence-corrected chi connectivity index (χ0v) is 10.5. The van der Waals surface area contributed by atoms with Gasteiger partial charge in [0.15, 0.2) is 0 Å². The molecular weight excluding hydrogens is 270 g/mol. The van der Waals surface area contributed by atoms with Crippen molar-refractivity contribution in [3.05, 3.63) is 34.3 Å². The highest BCUT2D eigenvalue weighted by atomic mass is 79.9. The van der Waals surface area contributed by atoms with Crippen molar-refractivity contribution >= 4 is 21.9 Å². The minimum absolute atomic E-state index is 0.306. The molecule has 1 aromatic rings. The van der Waals surface area contributed by atoms with Gasteiger partial charge in [-0.1, -0.05) is 28.1 Å². The standard InChI is InChI=1S/C12H14BrNO2/c13-10-4-1-3-9(7-10)8-14-6-2-5-11(14)12(15)16/h1,3-4,7,11H,2,5-6,8H2,(H,15,16)/t11-/m1/s1. The molecule has 1 aromatic carbocycles. The molecule has 1 N–H and O–H groups in total. The molecule has 1 aliphatic heterocycles. The topological polar surface area (TPSA) is 40.5 Å². The number of carbonyl (C=O) groups is 1. The Labute approximate surface area is 103 Å². The fourth-order valence-corrected chi connectivity index (χ4v) is 2.61. The number of aliphatic carboxylic acids is 1. The van der Waals surface area contributed by atoms with Gasteiger partial charge >= 0.3 is 5.97 Å². The third kappa shape index (κ3) is 2.62. The zero-order valence-electron chi connectivity index (χ0n) is 8.90. The van der Waals surface area contributed by atoms with Crippen LogP contribution < -0.4 is 0 Å². The van der Waals surface area contributed by atoms with E-state index in [1.54, 1.807) is 0 Å². The van der Waals surface area contributed by atoms with Gasteiger partial charge in [-0.3, -0.25) is 9.69 Å². The number of hydrogen-bond acceptors (Lipinski definition) is 2. The number of hydrogen-bond donors (Lipinski definition) is 1. The van der Waals surface area contributed by atoms with E-state index in [9.17, 15) is 4.79 Å². The molecule has 0 radical (unpaired) electrons. The maximum absolute atomic E-state index is 11.0. The van der Waals surface area contributed by atoms with E-state index in [0.29, 0.717) is 0 Å². The van der Waals surface area contributed by atoms with Crippen molar-refractivity contribution in [3.63, 3.8) is 0 Å². The highest BCUT2D eigenvalue weighted by Crippen LogP contribution is 2.21. The quantitative estimate of drug-likeness (QED) is 0.927. The molecule has 1 fully saturated rings. The monoisotopic (exact) mass is 283 g/mol. The predicted octanol–water partition coefficient (Wildman–Crippen LogP) is 2.50. The Kier molecular flexibility index (Phi) is 3.61. The number of halogens is 1. The Morgan fingerprint density at radius 1 is 1.56 bits per heavy atom. The Balaban J connectivity index is 2.06. The summed E-state index contributed by atoms with van der Waals surface area (Å²) in [6, 6.07) is 7.71. The lowest BCUT2D eigenvalue weighted by atomic mass is 10.2. The van der Waals surface area contributed by atoms with E-state index in [0.717, 1.165) is 36.0 Å². The van der Waals surface area contributed by atoms with E-state index in [4.69, 9.17) is 5.11 Å². The third-order valence-corrected chi connectivity index (χ3v) is 3.42. The van der Waals surface area contributed by atoms with Gasteiger partial charge < -0.3 is 5.11 Å². The van der Waals surface area contributed by atoms with Crippen LogP contribution in [0.3, 0.4) is 0 Å². The lowest BCUT2D eigenvalue weighted by Crippen LogP contribution is -2.35. The highest BCUT2D eigenvalue weighted by molar-refractivity contribution is 9.10. The second-order valence-electron chi connectivity index (χ2n) is 4.10. The minimum Gasteiger partial charge on any atom is -0.480 e. The molecule has 86 valence electrons. The Bertz CT molecular complexity index is 394. The van der Waals surface area contributed by atoms with E-state index < -0.39 is 5.97 Å². The van der Waals surface area contributed by atoms with E-state index in [2.05, 4.69) is 15.9 Å². The molecule has 0 aromatic heterocycles. The van der Waals surface area contributed by atoms with Crippen molar-refractivity contribution in [2.24, 2.45) is 0 Å². The number of benzene rings is 1. The first-order valence-corrected chi connectivity index (χ1v) is 6.17. The Morgan fingerprint density at radius 3 is 3.06 bits per heavy atom. The lowest BCUT2D eigenvalue weighted by Gasteiger charge is -2.20. The van der Waals surface area contributed by atoms with Crippen LogP contribution in [-0.4, -0.2) is 28.6 Å². The third-order valence-electron chi connectivity index (χ3n) is 2.92. The van der Waals surface area contributed by atoms with Crippen LogP contribution in [-0.2, 0) is 11.3 Å². The molecule has 1 saturated heterocycles. The SMILES string of the molecule is O=C(O)[C@H]1CCCN1Cc1cccc(Br)c1. The fraction of sp³-hybridized carbons (Fsp3) is 0.417. The second kappa shape index (κ2) is 4.97. The summed E-state index contributed by atoms with van der Waals surface area (Å²) in [6.07, 6.45) is 1.74. The van der Waals surface area contributed by atoms with Gasteiger partial charge in [-0.05, 0) is 37.1 Å². The normalized spacial score (nSPS) is 21.2. The molecular formula is C12H14BrNO2. The number of carboxylic acid groups (broad SMARTS) is 1. The summed E-state index contributed by atoms with van der Waals surface area (Å²) in [5.74, 6) is -0.701. The van der Waals surface area contributed by atoms with Crippen LogP contribution in [0.1, 0.15) is 18.4 Å².